The van der Waals surface area contributed by atoms with Crippen LogP contribution < -0.4 is 10.6 Å². The van der Waals surface area contributed by atoms with E-state index in [1.807, 2.05) is 32.0 Å². The van der Waals surface area contributed by atoms with E-state index in [9.17, 15) is 28.6 Å². The first-order chi connectivity index (χ1) is 19.6. The summed E-state index contributed by atoms with van der Waals surface area (Å²) in [5.74, 6) is -2.36. The minimum atomic E-state index is -1.49. The summed E-state index contributed by atoms with van der Waals surface area (Å²) < 4.78 is 27.9. The summed E-state index contributed by atoms with van der Waals surface area (Å²) in [4.78, 5) is 28.4. The number of aliphatic hydroxyl groups excluding tert-OH is 2. The molecule has 0 aliphatic heterocycles. The molecule has 0 radical (unpaired) electrons. The van der Waals surface area contributed by atoms with Crippen molar-refractivity contribution < 1.29 is 28.6 Å². The highest BCUT2D eigenvalue weighted by atomic mass is 19.1. The zero-order chi connectivity index (χ0) is 29.9. The fraction of sp³-hybridized carbons (Fsp3) is 0.375. The summed E-state index contributed by atoms with van der Waals surface area (Å²) in [6.07, 6.45) is -1.37. The smallest absolute Gasteiger partial charge is 0.253 e. The lowest BCUT2D eigenvalue weighted by atomic mass is 9.96. The predicted molar refractivity (Wildman–Crippen MR) is 156 cm³/mol. The highest BCUT2D eigenvalue weighted by Gasteiger charge is 2.29. The van der Waals surface area contributed by atoms with Crippen LogP contribution in [0.1, 0.15) is 58.5 Å². The maximum Gasteiger partial charge on any atom is 0.253 e. The first-order valence-electron chi connectivity index (χ1n) is 13.9. The second kappa shape index (κ2) is 15.3. The number of hydrogen-bond acceptors (Lipinski definition) is 5. The molecule has 7 nitrogen and oxygen atoms in total. The topological polar surface area (TPSA) is 102 Å². The average molecular weight is 568 g/mol. The average Bonchev–Trinajstić information content (AvgIpc) is 2.94. The van der Waals surface area contributed by atoms with Gasteiger partial charge in [-0.15, -0.1) is 0 Å². The highest BCUT2D eigenvalue weighted by Crippen LogP contribution is 2.17. The summed E-state index contributed by atoms with van der Waals surface area (Å²) in [5, 5.41) is 27.6. The van der Waals surface area contributed by atoms with Crippen molar-refractivity contribution in [3.05, 3.63) is 101 Å². The van der Waals surface area contributed by atoms with Gasteiger partial charge in [0.05, 0.1) is 12.1 Å². The number of amides is 2. The molecule has 0 saturated carbocycles. The lowest BCUT2D eigenvalue weighted by molar-refractivity contribution is 0.00408. The molecule has 3 atom stereocenters. The van der Waals surface area contributed by atoms with E-state index in [0.717, 1.165) is 36.7 Å². The van der Waals surface area contributed by atoms with Crippen LogP contribution in [0.15, 0.2) is 66.7 Å². The molecule has 3 aromatic rings. The molecule has 0 heterocycles. The lowest BCUT2D eigenvalue weighted by Crippen LogP contribution is -2.51. The summed E-state index contributed by atoms with van der Waals surface area (Å²) in [6.45, 7) is 6.90. The third kappa shape index (κ3) is 9.37. The van der Waals surface area contributed by atoms with Gasteiger partial charge in [0.2, 0.25) is 0 Å². The number of nitrogens with zero attached hydrogens (tertiary/aromatic N) is 1. The van der Waals surface area contributed by atoms with Crippen LogP contribution in [0, 0.1) is 18.6 Å². The number of hydrogen-bond donors (Lipinski definition) is 4. The summed E-state index contributed by atoms with van der Waals surface area (Å²) in [6, 6.07) is 15.8. The number of anilines is 1. The van der Waals surface area contributed by atoms with Crippen LogP contribution >= 0.6 is 0 Å². The quantitative estimate of drug-likeness (QED) is 0.226. The Morgan fingerprint density at radius 2 is 1.49 bits per heavy atom. The molecule has 3 rings (SSSR count). The molecule has 0 aromatic heterocycles. The van der Waals surface area contributed by atoms with Crippen LogP contribution in [-0.4, -0.2) is 64.8 Å². The number of halogens is 2. The molecule has 0 aliphatic carbocycles. The minimum Gasteiger partial charge on any atom is -0.388 e. The molecule has 0 saturated heterocycles. The van der Waals surface area contributed by atoms with E-state index in [2.05, 4.69) is 10.6 Å². The molecule has 0 unspecified atom stereocenters. The predicted octanol–water partition coefficient (Wildman–Crippen LogP) is 4.71. The van der Waals surface area contributed by atoms with E-state index in [1.54, 1.807) is 36.1 Å². The number of rotatable bonds is 14. The fourth-order valence-corrected chi connectivity index (χ4v) is 4.73. The van der Waals surface area contributed by atoms with Crippen molar-refractivity contribution in [3.8, 4) is 0 Å². The maximum atomic E-state index is 13.9. The van der Waals surface area contributed by atoms with Gasteiger partial charge in [-0.1, -0.05) is 32.0 Å². The van der Waals surface area contributed by atoms with Crippen molar-refractivity contribution in [2.45, 2.75) is 58.3 Å². The van der Waals surface area contributed by atoms with Gasteiger partial charge in [-0.2, -0.15) is 0 Å². The van der Waals surface area contributed by atoms with E-state index in [1.165, 1.54) is 6.07 Å². The van der Waals surface area contributed by atoms with Gasteiger partial charge < -0.3 is 25.7 Å². The monoisotopic (exact) mass is 567 g/mol. The van der Waals surface area contributed by atoms with Gasteiger partial charge in [0, 0.05) is 42.5 Å². The fourth-order valence-electron chi connectivity index (χ4n) is 4.73. The van der Waals surface area contributed by atoms with Crippen molar-refractivity contribution in [1.29, 1.82) is 0 Å². The first kappa shape index (κ1) is 31.7. The molecule has 41 heavy (non-hydrogen) atoms. The molecule has 9 heteroatoms. The van der Waals surface area contributed by atoms with Gasteiger partial charge in [0.25, 0.3) is 11.8 Å². The van der Waals surface area contributed by atoms with E-state index in [-0.39, 0.29) is 30.0 Å². The number of nitrogens with one attached hydrogen (secondary N) is 2. The van der Waals surface area contributed by atoms with Crippen molar-refractivity contribution in [3.63, 3.8) is 0 Å². The van der Waals surface area contributed by atoms with Gasteiger partial charge in [0.15, 0.2) is 0 Å². The van der Waals surface area contributed by atoms with E-state index in [0.29, 0.717) is 24.2 Å². The molecule has 0 fully saturated rings. The first-order valence-corrected chi connectivity index (χ1v) is 13.9. The summed E-state index contributed by atoms with van der Waals surface area (Å²) in [5.41, 5.74) is 2.19. The van der Waals surface area contributed by atoms with E-state index in [4.69, 9.17) is 0 Å². The molecule has 3 aromatic carbocycles. The molecule has 4 N–H and O–H groups in total. The molecule has 220 valence electrons. The molecular weight excluding hydrogens is 528 g/mol. The molecular formula is C32H39F2N3O4. The molecule has 0 aliphatic rings. The normalized spacial score (nSPS) is 13.2. The Bertz CT molecular complexity index is 1280. The van der Waals surface area contributed by atoms with Crippen LogP contribution in [0.5, 0.6) is 0 Å². The Kier molecular flexibility index (Phi) is 11.8. The Labute approximate surface area is 240 Å². The number of carbonyl (C=O) groups is 2. The second-order valence-electron chi connectivity index (χ2n) is 10.2. The van der Waals surface area contributed by atoms with E-state index >= 15 is 0 Å². The van der Waals surface area contributed by atoms with Crippen molar-refractivity contribution in [1.82, 2.24) is 10.2 Å². The van der Waals surface area contributed by atoms with Crippen LogP contribution in [0.3, 0.4) is 0 Å². The maximum absolute atomic E-state index is 13.9. The molecule has 0 bridgehead atoms. The van der Waals surface area contributed by atoms with Gasteiger partial charge in [-0.05, 0) is 79.8 Å². The molecule has 2 amide bonds. The second-order valence-corrected chi connectivity index (χ2v) is 10.2. The number of carbonyl (C=O) groups excluding carboxylic acids is 2. The summed E-state index contributed by atoms with van der Waals surface area (Å²) >= 11 is 0. The number of benzene rings is 3. The van der Waals surface area contributed by atoms with E-state index < -0.39 is 35.8 Å². The van der Waals surface area contributed by atoms with Crippen LogP contribution in [-0.2, 0) is 6.42 Å². The Balaban J connectivity index is 1.85. The van der Waals surface area contributed by atoms with Crippen molar-refractivity contribution in [2.75, 3.05) is 25.0 Å². The van der Waals surface area contributed by atoms with Gasteiger partial charge >= 0.3 is 0 Å². The van der Waals surface area contributed by atoms with Crippen LogP contribution in [0.25, 0.3) is 0 Å². The highest BCUT2D eigenvalue weighted by molar-refractivity contribution is 6.00. The lowest BCUT2D eigenvalue weighted by Gasteiger charge is -2.28. The molecule has 0 spiro atoms. The van der Waals surface area contributed by atoms with Gasteiger partial charge in [-0.3, -0.25) is 9.59 Å². The van der Waals surface area contributed by atoms with Crippen LogP contribution in [0.4, 0.5) is 14.5 Å². The SMILES string of the molecule is CCCN(CCC)C(=O)c1cc(C)cc(C(=O)N[C@@H](Cc2cc(F)cc(F)c2)[C@@H](O)[C@H](O)CNc2ccccc2)c1. The third-order valence-electron chi connectivity index (χ3n) is 6.65. The van der Waals surface area contributed by atoms with Crippen LogP contribution in [0.2, 0.25) is 0 Å². The van der Waals surface area contributed by atoms with Gasteiger partial charge in [-0.25, -0.2) is 8.78 Å². The van der Waals surface area contributed by atoms with Crippen molar-refractivity contribution in [2.24, 2.45) is 0 Å². The summed E-state index contributed by atoms with van der Waals surface area (Å²) in [7, 11) is 0. The zero-order valence-electron chi connectivity index (χ0n) is 23.7. The zero-order valence-corrected chi connectivity index (χ0v) is 23.7. The Morgan fingerprint density at radius 3 is 2.10 bits per heavy atom. The number of aliphatic hydroxyl groups is 2. The van der Waals surface area contributed by atoms with Crippen molar-refractivity contribution >= 4 is 17.5 Å². The largest absolute Gasteiger partial charge is 0.388 e. The Hall–Kier alpha value is -3.82. The standard InChI is InChI=1S/C32H39F2N3O4/c1-4-11-37(12-5-2)32(41)24-14-21(3)13-23(18-24)31(40)36-28(17-22-15-25(33)19-26(34)16-22)30(39)29(38)20-35-27-9-7-6-8-10-27/h6-10,13-16,18-19,28-30,35,38-39H,4-5,11-12,17,20H2,1-3H3,(H,36,40)/t28-,29+,30+/m0/s1. The Morgan fingerprint density at radius 1 is 0.878 bits per heavy atom. The number of aryl methyl sites for hydroxylation is 1. The third-order valence-corrected chi connectivity index (χ3v) is 6.65. The number of para-hydroxylation sites is 1. The minimum absolute atomic E-state index is 0.0388. The van der Waals surface area contributed by atoms with Gasteiger partial charge in [0.1, 0.15) is 17.7 Å².